The van der Waals surface area contributed by atoms with E-state index in [0.29, 0.717) is 12.5 Å². The van der Waals surface area contributed by atoms with Gasteiger partial charge < -0.3 is 15.8 Å². The Labute approximate surface area is 160 Å². The highest BCUT2D eigenvalue weighted by Crippen LogP contribution is 2.25. The molecule has 0 saturated heterocycles. The molecule has 0 heterocycles. The van der Waals surface area contributed by atoms with Crippen LogP contribution in [-0.4, -0.2) is 13.1 Å². The summed E-state index contributed by atoms with van der Waals surface area (Å²) in [6.07, 6.45) is 3.59. The lowest BCUT2D eigenvalue weighted by molar-refractivity contribution is 0.411. The monoisotopic (exact) mass is 437 g/mol. The highest BCUT2D eigenvalue weighted by atomic mass is 127. The van der Waals surface area contributed by atoms with Crippen LogP contribution in [0.3, 0.4) is 0 Å². The molecular formula is C19H24IN3O. The second-order valence-corrected chi connectivity index (χ2v) is 5.97. The van der Waals surface area contributed by atoms with E-state index in [-0.39, 0.29) is 24.0 Å². The maximum absolute atomic E-state index is 6.01. The van der Waals surface area contributed by atoms with Crippen LogP contribution >= 0.6 is 24.0 Å². The first-order chi connectivity index (χ1) is 11.2. The van der Waals surface area contributed by atoms with Crippen LogP contribution in [0, 0.1) is 6.92 Å². The van der Waals surface area contributed by atoms with Gasteiger partial charge in [-0.2, -0.15) is 0 Å². The predicted octanol–water partition coefficient (Wildman–Crippen LogP) is 4.04. The molecular weight excluding hydrogens is 413 g/mol. The van der Waals surface area contributed by atoms with Gasteiger partial charge in [0, 0.05) is 5.69 Å². The van der Waals surface area contributed by atoms with Crippen LogP contribution in [0.1, 0.15) is 28.7 Å². The highest BCUT2D eigenvalue weighted by Gasteiger charge is 2.10. The average molecular weight is 437 g/mol. The molecule has 1 aliphatic carbocycles. The van der Waals surface area contributed by atoms with Crippen LogP contribution in [0.5, 0.6) is 5.75 Å². The second kappa shape index (κ2) is 8.37. The number of ether oxygens (including phenoxy) is 1. The topological polar surface area (TPSA) is 59.6 Å². The van der Waals surface area contributed by atoms with E-state index in [2.05, 4.69) is 28.5 Å². The van der Waals surface area contributed by atoms with Crippen molar-refractivity contribution in [1.29, 1.82) is 0 Å². The molecule has 2 aromatic rings. The van der Waals surface area contributed by atoms with E-state index in [9.17, 15) is 0 Å². The Bertz CT molecular complexity index is 743. The molecule has 0 amide bonds. The van der Waals surface area contributed by atoms with E-state index >= 15 is 0 Å². The van der Waals surface area contributed by atoms with Gasteiger partial charge in [0.2, 0.25) is 0 Å². The number of aliphatic imine (C=N–C) groups is 1. The molecule has 0 fully saturated rings. The summed E-state index contributed by atoms with van der Waals surface area (Å²) in [6.45, 7) is 2.55. The molecule has 0 unspecified atom stereocenters. The van der Waals surface area contributed by atoms with Crippen LogP contribution in [0.15, 0.2) is 41.4 Å². The summed E-state index contributed by atoms with van der Waals surface area (Å²) < 4.78 is 5.34. The molecule has 128 valence electrons. The SMILES string of the molecule is COc1cc(CN=C(N)Nc2ccc3c(c2)CCC3)ccc1C.I. The zero-order valence-corrected chi connectivity index (χ0v) is 16.5. The third-order valence-electron chi connectivity index (χ3n) is 4.28. The van der Waals surface area contributed by atoms with Gasteiger partial charge >= 0.3 is 0 Å². The van der Waals surface area contributed by atoms with Crippen molar-refractivity contribution in [2.24, 2.45) is 10.7 Å². The van der Waals surface area contributed by atoms with E-state index in [4.69, 9.17) is 10.5 Å². The molecule has 3 rings (SSSR count). The van der Waals surface area contributed by atoms with Gasteiger partial charge in [0.15, 0.2) is 5.96 Å². The number of nitrogens with two attached hydrogens (primary N) is 1. The predicted molar refractivity (Wildman–Crippen MR) is 111 cm³/mol. The van der Waals surface area contributed by atoms with Crippen molar-refractivity contribution in [2.45, 2.75) is 32.7 Å². The summed E-state index contributed by atoms with van der Waals surface area (Å²) in [4.78, 5) is 4.42. The van der Waals surface area contributed by atoms with Gasteiger partial charge in [-0.25, -0.2) is 4.99 Å². The van der Waals surface area contributed by atoms with Crippen molar-refractivity contribution in [1.82, 2.24) is 0 Å². The Morgan fingerprint density at radius 2 is 1.96 bits per heavy atom. The van der Waals surface area contributed by atoms with E-state index in [0.717, 1.165) is 29.0 Å². The highest BCUT2D eigenvalue weighted by molar-refractivity contribution is 14.0. The van der Waals surface area contributed by atoms with Crippen molar-refractivity contribution in [3.8, 4) is 5.75 Å². The van der Waals surface area contributed by atoms with E-state index in [1.54, 1.807) is 7.11 Å². The van der Waals surface area contributed by atoms with Gasteiger partial charge in [-0.3, -0.25) is 0 Å². The number of nitrogens with one attached hydrogen (secondary N) is 1. The summed E-state index contributed by atoms with van der Waals surface area (Å²) in [5.41, 5.74) is 12.1. The Kier molecular flexibility index (Phi) is 6.48. The zero-order valence-electron chi connectivity index (χ0n) is 14.1. The number of rotatable bonds is 4. The zero-order chi connectivity index (χ0) is 16.2. The molecule has 5 heteroatoms. The summed E-state index contributed by atoms with van der Waals surface area (Å²) in [5, 5.41) is 3.18. The number of nitrogens with zero attached hydrogens (tertiary/aromatic N) is 1. The number of fused-ring (bicyclic) bond motifs is 1. The molecule has 0 saturated carbocycles. The summed E-state index contributed by atoms with van der Waals surface area (Å²) >= 11 is 0. The van der Waals surface area contributed by atoms with Gasteiger partial charge in [-0.1, -0.05) is 18.2 Å². The first-order valence-electron chi connectivity index (χ1n) is 7.98. The molecule has 0 aliphatic heterocycles. The van der Waals surface area contributed by atoms with Crippen LogP contribution in [0.2, 0.25) is 0 Å². The smallest absolute Gasteiger partial charge is 0.193 e. The van der Waals surface area contributed by atoms with Crippen molar-refractivity contribution in [2.75, 3.05) is 12.4 Å². The maximum atomic E-state index is 6.01. The number of aryl methyl sites for hydroxylation is 3. The number of halogens is 1. The van der Waals surface area contributed by atoms with Gasteiger partial charge in [0.05, 0.1) is 13.7 Å². The molecule has 24 heavy (non-hydrogen) atoms. The number of anilines is 1. The summed E-state index contributed by atoms with van der Waals surface area (Å²) in [5.74, 6) is 1.31. The van der Waals surface area contributed by atoms with Gasteiger partial charge in [-0.15, -0.1) is 24.0 Å². The van der Waals surface area contributed by atoms with Crippen molar-refractivity contribution in [3.05, 3.63) is 58.7 Å². The number of benzene rings is 2. The molecule has 1 aliphatic rings. The van der Waals surface area contributed by atoms with Gasteiger partial charge in [0.25, 0.3) is 0 Å². The van der Waals surface area contributed by atoms with Crippen LogP contribution < -0.4 is 15.8 Å². The number of guanidine groups is 1. The lowest BCUT2D eigenvalue weighted by Gasteiger charge is -2.09. The van der Waals surface area contributed by atoms with E-state index in [1.165, 1.54) is 24.0 Å². The average Bonchev–Trinajstić information content (AvgIpc) is 3.01. The minimum absolute atomic E-state index is 0. The van der Waals surface area contributed by atoms with Crippen molar-refractivity contribution >= 4 is 35.6 Å². The van der Waals surface area contributed by atoms with Crippen LogP contribution in [0.4, 0.5) is 5.69 Å². The van der Waals surface area contributed by atoms with Crippen molar-refractivity contribution < 1.29 is 4.74 Å². The van der Waals surface area contributed by atoms with Gasteiger partial charge in [0.1, 0.15) is 5.75 Å². The first-order valence-corrected chi connectivity index (χ1v) is 7.98. The minimum Gasteiger partial charge on any atom is -0.496 e. The number of hydrogen-bond donors (Lipinski definition) is 2. The fraction of sp³-hybridized carbons (Fsp3) is 0.316. The first kappa shape index (κ1) is 18.6. The van der Waals surface area contributed by atoms with E-state index in [1.807, 2.05) is 25.1 Å². The Morgan fingerprint density at radius 3 is 2.75 bits per heavy atom. The summed E-state index contributed by atoms with van der Waals surface area (Å²) in [7, 11) is 1.68. The largest absolute Gasteiger partial charge is 0.496 e. The third kappa shape index (κ3) is 4.41. The minimum atomic E-state index is 0. The van der Waals surface area contributed by atoms with Crippen LogP contribution in [-0.2, 0) is 19.4 Å². The fourth-order valence-electron chi connectivity index (χ4n) is 2.98. The van der Waals surface area contributed by atoms with Gasteiger partial charge in [-0.05, 0) is 66.6 Å². The van der Waals surface area contributed by atoms with E-state index < -0.39 is 0 Å². The lowest BCUT2D eigenvalue weighted by atomic mass is 10.1. The second-order valence-electron chi connectivity index (χ2n) is 5.97. The fourth-order valence-corrected chi connectivity index (χ4v) is 2.98. The molecule has 0 atom stereocenters. The Balaban J connectivity index is 0.00000208. The molecule has 4 nitrogen and oxygen atoms in total. The maximum Gasteiger partial charge on any atom is 0.193 e. The van der Waals surface area contributed by atoms with Crippen molar-refractivity contribution in [3.63, 3.8) is 0 Å². The molecule has 0 spiro atoms. The quantitative estimate of drug-likeness (QED) is 0.431. The third-order valence-corrected chi connectivity index (χ3v) is 4.28. The normalized spacial score (nSPS) is 13.2. The number of methoxy groups -OCH3 is 1. The molecule has 3 N–H and O–H groups in total. The molecule has 0 radical (unpaired) electrons. The summed E-state index contributed by atoms with van der Waals surface area (Å²) in [6, 6.07) is 12.5. The molecule has 0 aromatic heterocycles. The van der Waals surface area contributed by atoms with Crippen LogP contribution in [0.25, 0.3) is 0 Å². The molecule has 2 aromatic carbocycles. The Hall–Kier alpha value is -1.76. The Morgan fingerprint density at radius 1 is 1.17 bits per heavy atom. The molecule has 0 bridgehead atoms. The number of hydrogen-bond acceptors (Lipinski definition) is 2. The standard InChI is InChI=1S/C19H23N3O.HI/c1-13-6-7-14(10-18(13)23-2)12-21-19(20)22-17-9-8-15-4-3-5-16(15)11-17;/h6-11H,3-5,12H2,1-2H3,(H3,20,21,22);1H. The lowest BCUT2D eigenvalue weighted by Crippen LogP contribution is -2.22.